The molecule has 2 unspecified atom stereocenters. The van der Waals surface area contributed by atoms with Crippen LogP contribution in [0, 0.1) is 5.92 Å². The van der Waals surface area contributed by atoms with E-state index in [2.05, 4.69) is 0 Å². The van der Waals surface area contributed by atoms with Gasteiger partial charge in [-0.25, -0.2) is 8.42 Å². The molecule has 2 rings (SSSR count). The zero-order chi connectivity index (χ0) is 12.5. The van der Waals surface area contributed by atoms with E-state index in [-0.39, 0.29) is 29.9 Å². The lowest BCUT2D eigenvalue weighted by molar-refractivity contribution is 0.233. The highest BCUT2D eigenvalue weighted by Gasteiger charge is 2.34. The SMILES string of the molecule is O=S1(=O)CCC(C(CO)c2ccccc2Cl)C1. The molecule has 0 aromatic heterocycles. The molecule has 1 saturated heterocycles. The first-order chi connectivity index (χ1) is 8.03. The Kier molecular flexibility index (Phi) is 3.76. The van der Waals surface area contributed by atoms with E-state index >= 15 is 0 Å². The molecule has 0 spiro atoms. The van der Waals surface area contributed by atoms with Gasteiger partial charge in [0, 0.05) is 10.9 Å². The average molecular weight is 275 g/mol. The van der Waals surface area contributed by atoms with Crippen molar-refractivity contribution in [3.8, 4) is 0 Å². The molecular weight excluding hydrogens is 260 g/mol. The summed E-state index contributed by atoms with van der Waals surface area (Å²) in [5.41, 5.74) is 0.846. The molecule has 1 heterocycles. The van der Waals surface area contributed by atoms with Crippen LogP contribution < -0.4 is 0 Å². The van der Waals surface area contributed by atoms with Crippen LogP contribution in [-0.4, -0.2) is 31.6 Å². The molecule has 2 atom stereocenters. The summed E-state index contributed by atoms with van der Waals surface area (Å²) in [6.45, 7) is -0.0656. The Bertz CT molecular complexity index is 498. The van der Waals surface area contributed by atoms with Crippen molar-refractivity contribution in [1.29, 1.82) is 0 Å². The van der Waals surface area contributed by atoms with Gasteiger partial charge in [-0.1, -0.05) is 29.8 Å². The lowest BCUT2D eigenvalue weighted by Gasteiger charge is -2.21. The standard InChI is InChI=1S/C12H15ClO3S/c13-12-4-2-1-3-10(12)11(7-14)9-5-6-17(15,16)8-9/h1-4,9,11,14H,5-8H2. The molecule has 1 aromatic rings. The highest BCUT2D eigenvalue weighted by molar-refractivity contribution is 7.91. The van der Waals surface area contributed by atoms with E-state index in [9.17, 15) is 13.5 Å². The summed E-state index contributed by atoms with van der Waals surface area (Å²) in [5.74, 6) is 0.174. The molecule has 0 aliphatic carbocycles. The van der Waals surface area contributed by atoms with Crippen LogP contribution in [0.15, 0.2) is 24.3 Å². The van der Waals surface area contributed by atoms with Gasteiger partial charge in [0.2, 0.25) is 0 Å². The molecule has 0 saturated carbocycles. The number of halogens is 1. The van der Waals surface area contributed by atoms with Crippen molar-refractivity contribution in [2.45, 2.75) is 12.3 Å². The Morgan fingerprint density at radius 2 is 2.12 bits per heavy atom. The maximum atomic E-state index is 11.5. The molecule has 17 heavy (non-hydrogen) atoms. The minimum absolute atomic E-state index is 0.0232. The number of aliphatic hydroxyl groups is 1. The monoisotopic (exact) mass is 274 g/mol. The first kappa shape index (κ1) is 12.9. The summed E-state index contributed by atoms with van der Waals surface area (Å²) in [7, 11) is -2.93. The summed E-state index contributed by atoms with van der Waals surface area (Å²) in [5, 5.41) is 10.1. The van der Waals surface area contributed by atoms with E-state index in [1.807, 2.05) is 18.2 Å². The largest absolute Gasteiger partial charge is 0.396 e. The zero-order valence-corrected chi connectivity index (χ0v) is 10.9. The molecule has 1 aromatic carbocycles. The van der Waals surface area contributed by atoms with E-state index < -0.39 is 9.84 Å². The van der Waals surface area contributed by atoms with Crippen LogP contribution in [0.3, 0.4) is 0 Å². The van der Waals surface area contributed by atoms with E-state index in [0.717, 1.165) is 5.56 Å². The van der Waals surface area contributed by atoms with Crippen LogP contribution in [0.2, 0.25) is 5.02 Å². The minimum atomic E-state index is -2.93. The van der Waals surface area contributed by atoms with Crippen molar-refractivity contribution in [3.63, 3.8) is 0 Å². The smallest absolute Gasteiger partial charge is 0.150 e. The van der Waals surface area contributed by atoms with Crippen LogP contribution in [0.4, 0.5) is 0 Å². The molecule has 0 amide bonds. The van der Waals surface area contributed by atoms with Gasteiger partial charge < -0.3 is 5.11 Å². The van der Waals surface area contributed by atoms with Gasteiger partial charge in [0.05, 0.1) is 18.1 Å². The van der Waals surface area contributed by atoms with E-state index in [1.165, 1.54) is 0 Å². The van der Waals surface area contributed by atoms with Crippen LogP contribution in [0.1, 0.15) is 17.9 Å². The molecule has 3 nitrogen and oxygen atoms in total. The molecule has 0 bridgehead atoms. The maximum Gasteiger partial charge on any atom is 0.150 e. The van der Waals surface area contributed by atoms with Gasteiger partial charge in [-0.2, -0.15) is 0 Å². The predicted octanol–water partition coefficient (Wildman–Crippen LogP) is 1.85. The van der Waals surface area contributed by atoms with Crippen molar-refractivity contribution in [1.82, 2.24) is 0 Å². The Labute approximate surface area is 106 Å². The molecule has 5 heteroatoms. The van der Waals surface area contributed by atoms with Crippen LogP contribution in [0.5, 0.6) is 0 Å². The first-order valence-electron chi connectivity index (χ1n) is 5.59. The molecule has 1 N–H and O–H groups in total. The fourth-order valence-corrected chi connectivity index (χ4v) is 4.57. The topological polar surface area (TPSA) is 54.4 Å². The summed E-state index contributed by atoms with van der Waals surface area (Å²) in [6, 6.07) is 7.30. The van der Waals surface area contributed by atoms with Crippen molar-refractivity contribution in [2.75, 3.05) is 18.1 Å². The van der Waals surface area contributed by atoms with Crippen LogP contribution in [-0.2, 0) is 9.84 Å². The predicted molar refractivity (Wildman–Crippen MR) is 68.0 cm³/mol. The van der Waals surface area contributed by atoms with Crippen molar-refractivity contribution in [2.24, 2.45) is 5.92 Å². The van der Waals surface area contributed by atoms with E-state index in [0.29, 0.717) is 11.4 Å². The Morgan fingerprint density at radius 1 is 1.41 bits per heavy atom. The van der Waals surface area contributed by atoms with Crippen molar-refractivity contribution in [3.05, 3.63) is 34.9 Å². The Hall–Kier alpha value is -0.580. The molecule has 1 fully saturated rings. The molecule has 0 radical (unpaired) electrons. The molecular formula is C12H15ClO3S. The highest BCUT2D eigenvalue weighted by Crippen LogP contribution is 2.35. The van der Waals surface area contributed by atoms with E-state index in [4.69, 9.17) is 11.6 Å². The van der Waals surface area contributed by atoms with E-state index in [1.54, 1.807) is 6.07 Å². The number of benzene rings is 1. The van der Waals surface area contributed by atoms with Gasteiger partial charge in [0.15, 0.2) is 9.84 Å². The maximum absolute atomic E-state index is 11.5. The fraction of sp³-hybridized carbons (Fsp3) is 0.500. The second-order valence-corrected chi connectivity index (χ2v) is 7.11. The van der Waals surface area contributed by atoms with Crippen molar-refractivity contribution < 1.29 is 13.5 Å². The number of hydrogen-bond donors (Lipinski definition) is 1. The van der Waals surface area contributed by atoms with Crippen molar-refractivity contribution >= 4 is 21.4 Å². The number of hydrogen-bond acceptors (Lipinski definition) is 3. The number of rotatable bonds is 3. The average Bonchev–Trinajstić information content (AvgIpc) is 2.63. The fourth-order valence-electron chi connectivity index (χ4n) is 2.42. The quantitative estimate of drug-likeness (QED) is 0.915. The second-order valence-electron chi connectivity index (χ2n) is 4.47. The van der Waals surface area contributed by atoms with Crippen LogP contribution >= 0.6 is 11.6 Å². The van der Waals surface area contributed by atoms with Gasteiger partial charge in [-0.05, 0) is 24.0 Å². The third kappa shape index (κ3) is 2.81. The van der Waals surface area contributed by atoms with Gasteiger partial charge in [0.25, 0.3) is 0 Å². The third-order valence-corrected chi connectivity index (χ3v) is 5.48. The lowest BCUT2D eigenvalue weighted by Crippen LogP contribution is -2.18. The van der Waals surface area contributed by atoms with Gasteiger partial charge in [-0.15, -0.1) is 0 Å². The first-order valence-corrected chi connectivity index (χ1v) is 7.79. The summed E-state index contributed by atoms with van der Waals surface area (Å²) >= 11 is 6.09. The lowest BCUT2D eigenvalue weighted by atomic mass is 9.86. The molecule has 94 valence electrons. The normalized spacial score (nSPS) is 24.7. The summed E-state index contributed by atoms with van der Waals surface area (Å²) in [6.07, 6.45) is 0.610. The minimum Gasteiger partial charge on any atom is -0.396 e. The van der Waals surface area contributed by atoms with Gasteiger partial charge in [-0.3, -0.25) is 0 Å². The van der Waals surface area contributed by atoms with Gasteiger partial charge >= 0.3 is 0 Å². The molecule has 1 aliphatic heterocycles. The summed E-state index contributed by atoms with van der Waals surface area (Å²) in [4.78, 5) is 0. The van der Waals surface area contributed by atoms with Crippen LogP contribution in [0.25, 0.3) is 0 Å². The molecule has 1 aliphatic rings. The third-order valence-electron chi connectivity index (χ3n) is 3.34. The highest BCUT2D eigenvalue weighted by atomic mass is 35.5. The second kappa shape index (κ2) is 4.96. The zero-order valence-electron chi connectivity index (χ0n) is 9.34. The Morgan fingerprint density at radius 3 is 2.65 bits per heavy atom. The Balaban J connectivity index is 2.26. The van der Waals surface area contributed by atoms with Gasteiger partial charge in [0.1, 0.15) is 0 Å². The summed E-state index contributed by atoms with van der Waals surface area (Å²) < 4.78 is 22.9. The number of aliphatic hydroxyl groups excluding tert-OH is 1. The number of sulfone groups is 1.